The molecule has 9 heteroatoms. The number of rotatable bonds is 56. The van der Waals surface area contributed by atoms with Crippen LogP contribution in [-0.4, -0.2) is 87.5 Å². The van der Waals surface area contributed by atoms with Gasteiger partial charge in [-0.2, -0.15) is 0 Å². The monoisotopic (exact) mass is 1120 g/mol. The molecule has 7 unspecified atom stereocenters. The summed E-state index contributed by atoms with van der Waals surface area (Å²) in [6.07, 6.45) is 80.3. The minimum absolute atomic E-state index is 0.192. The molecule has 1 saturated heterocycles. The normalized spacial score (nSPS) is 19.2. The van der Waals surface area contributed by atoms with Gasteiger partial charge >= 0.3 is 0 Å². The highest BCUT2D eigenvalue weighted by atomic mass is 16.7. The van der Waals surface area contributed by atoms with Crippen LogP contribution in [0, 0.1) is 0 Å². The van der Waals surface area contributed by atoms with Gasteiger partial charge in [0.2, 0.25) is 5.91 Å². The largest absolute Gasteiger partial charge is 0.394 e. The molecular formula is C71H123NO8. The van der Waals surface area contributed by atoms with Crippen molar-refractivity contribution in [3.05, 3.63) is 109 Å². The zero-order chi connectivity index (χ0) is 57.9. The van der Waals surface area contributed by atoms with Gasteiger partial charge in [-0.1, -0.05) is 290 Å². The lowest BCUT2D eigenvalue weighted by Gasteiger charge is -2.40. The van der Waals surface area contributed by atoms with Crippen LogP contribution >= 0.6 is 0 Å². The van der Waals surface area contributed by atoms with E-state index in [1.165, 1.54) is 161 Å². The highest BCUT2D eigenvalue weighted by Gasteiger charge is 2.44. The van der Waals surface area contributed by atoms with Crippen molar-refractivity contribution >= 4 is 5.91 Å². The van der Waals surface area contributed by atoms with E-state index in [1.807, 2.05) is 6.08 Å². The summed E-state index contributed by atoms with van der Waals surface area (Å²) in [5, 5.41) is 54.7. The number of hydrogen-bond donors (Lipinski definition) is 6. The van der Waals surface area contributed by atoms with Crippen LogP contribution in [-0.2, 0) is 14.3 Å². The lowest BCUT2D eigenvalue weighted by molar-refractivity contribution is -0.302. The van der Waals surface area contributed by atoms with E-state index in [2.05, 4.69) is 116 Å². The molecule has 6 N–H and O–H groups in total. The standard InChI is InChI=1S/C71H123NO8/c1-3-5-7-9-11-13-15-17-19-21-23-25-27-29-30-31-32-33-34-35-36-37-39-41-43-45-47-49-51-53-55-57-59-61-67(75)72-64(63-79-71-70(78)69(77)68(76)66(62-73)80-71)65(74)60-58-56-54-52-50-48-46-44-42-40-38-28-26-24-22-20-18-16-14-12-10-8-6-4-2/h5,7,11,13,17,19,23,25,29-30,32-33,35-36,50,52,58,60,64-66,68-71,73-74,76-78H,3-4,6,8-10,12,14-16,18,20-22,24,26-28,31,34,37-49,51,53-57,59,61-63H2,1-2H3,(H,72,75)/b7-5-,13-11-,19-17-,25-23-,30-29-,33-32-,36-35-,52-50+,60-58+. The Balaban J connectivity index is 2.19. The SMILES string of the molecule is CC/C=C\C/C=C\C/C=C\C/C=C\C/C=C\C/C=C\C/C=C\CCCCCCCCCCCCCC(=O)NC(COC1OC(CO)C(O)C(O)C1O)C(O)/C=C/CC/C=C/CCCCCCCCCCCCCCCCCCCC. The highest BCUT2D eigenvalue weighted by molar-refractivity contribution is 5.76. The van der Waals surface area contributed by atoms with Gasteiger partial charge in [0.1, 0.15) is 24.4 Å². The molecule has 1 fully saturated rings. The Kier molecular flexibility index (Phi) is 55.2. The van der Waals surface area contributed by atoms with E-state index in [9.17, 15) is 30.3 Å². The first kappa shape index (κ1) is 74.9. The maximum atomic E-state index is 13.1. The van der Waals surface area contributed by atoms with Gasteiger partial charge in [-0.3, -0.25) is 4.79 Å². The maximum Gasteiger partial charge on any atom is 0.220 e. The molecule has 0 aromatic rings. The van der Waals surface area contributed by atoms with Crippen molar-refractivity contribution in [2.45, 2.75) is 320 Å². The second-order valence-corrected chi connectivity index (χ2v) is 22.5. The number of amides is 1. The Hall–Kier alpha value is -3.15. The Morgan fingerprint density at radius 3 is 1.20 bits per heavy atom. The summed E-state index contributed by atoms with van der Waals surface area (Å²) in [5.74, 6) is -0.192. The molecule has 0 aromatic heterocycles. The molecule has 0 radical (unpaired) electrons. The quantitative estimate of drug-likeness (QED) is 0.0261. The Bertz CT molecular complexity index is 1630. The number of unbranched alkanes of at least 4 members (excludes halogenated alkanes) is 30. The van der Waals surface area contributed by atoms with E-state index in [-0.39, 0.29) is 12.5 Å². The molecule has 0 spiro atoms. The van der Waals surface area contributed by atoms with Gasteiger partial charge in [-0.15, -0.1) is 0 Å². The van der Waals surface area contributed by atoms with E-state index >= 15 is 0 Å². The molecule has 1 aliphatic heterocycles. The summed E-state index contributed by atoms with van der Waals surface area (Å²) in [4.78, 5) is 13.1. The van der Waals surface area contributed by atoms with Crippen LogP contribution in [0.3, 0.4) is 0 Å². The highest BCUT2D eigenvalue weighted by Crippen LogP contribution is 2.23. The Morgan fingerprint density at radius 1 is 0.438 bits per heavy atom. The third-order valence-corrected chi connectivity index (χ3v) is 15.1. The van der Waals surface area contributed by atoms with Crippen molar-refractivity contribution in [3.63, 3.8) is 0 Å². The molecule has 1 aliphatic rings. The second kappa shape index (κ2) is 59.0. The fourth-order valence-electron chi connectivity index (χ4n) is 9.92. The first-order chi connectivity index (χ1) is 39.3. The molecule has 80 heavy (non-hydrogen) atoms. The van der Waals surface area contributed by atoms with Crippen molar-refractivity contribution in [1.29, 1.82) is 0 Å². The van der Waals surface area contributed by atoms with Gasteiger partial charge in [0.15, 0.2) is 6.29 Å². The molecule has 0 bridgehead atoms. The molecule has 0 saturated carbocycles. The molecule has 460 valence electrons. The number of carbonyl (C=O) groups is 1. The fraction of sp³-hybridized carbons (Fsp3) is 0.732. The molecular weight excluding hydrogens is 995 g/mol. The maximum absolute atomic E-state index is 13.1. The van der Waals surface area contributed by atoms with Crippen LogP contribution in [0.1, 0.15) is 277 Å². The van der Waals surface area contributed by atoms with Gasteiger partial charge < -0.3 is 40.3 Å². The van der Waals surface area contributed by atoms with Crippen molar-refractivity contribution < 1.29 is 39.8 Å². The zero-order valence-electron chi connectivity index (χ0n) is 51.3. The zero-order valence-corrected chi connectivity index (χ0v) is 51.3. The number of ether oxygens (including phenoxy) is 2. The van der Waals surface area contributed by atoms with Crippen LogP contribution in [0.5, 0.6) is 0 Å². The van der Waals surface area contributed by atoms with Gasteiger partial charge in [-0.25, -0.2) is 0 Å². The number of aliphatic hydroxyl groups is 5. The van der Waals surface area contributed by atoms with E-state index < -0.39 is 49.5 Å². The smallest absolute Gasteiger partial charge is 0.220 e. The Morgan fingerprint density at radius 2 is 0.787 bits per heavy atom. The first-order valence-electron chi connectivity index (χ1n) is 33.1. The lowest BCUT2D eigenvalue weighted by atomic mass is 9.99. The summed E-state index contributed by atoms with van der Waals surface area (Å²) in [6.45, 7) is 3.67. The molecule has 0 aromatic carbocycles. The number of aliphatic hydroxyl groups excluding tert-OH is 5. The third-order valence-electron chi connectivity index (χ3n) is 15.1. The van der Waals surface area contributed by atoms with Crippen LogP contribution < -0.4 is 5.32 Å². The number of carbonyl (C=O) groups excluding carboxylic acids is 1. The topological polar surface area (TPSA) is 149 Å². The molecule has 0 aliphatic carbocycles. The number of hydrogen-bond acceptors (Lipinski definition) is 8. The van der Waals surface area contributed by atoms with E-state index in [4.69, 9.17) is 9.47 Å². The van der Waals surface area contributed by atoms with E-state index in [0.29, 0.717) is 6.42 Å². The van der Waals surface area contributed by atoms with E-state index in [1.54, 1.807) is 6.08 Å². The molecule has 7 atom stereocenters. The molecule has 1 heterocycles. The van der Waals surface area contributed by atoms with Gasteiger partial charge in [0.05, 0.1) is 25.4 Å². The molecule has 9 nitrogen and oxygen atoms in total. The van der Waals surface area contributed by atoms with Crippen molar-refractivity contribution in [2.75, 3.05) is 13.2 Å². The fourth-order valence-corrected chi connectivity index (χ4v) is 9.92. The van der Waals surface area contributed by atoms with Gasteiger partial charge in [0, 0.05) is 6.42 Å². The second-order valence-electron chi connectivity index (χ2n) is 22.5. The van der Waals surface area contributed by atoms with Gasteiger partial charge in [-0.05, 0) is 89.9 Å². The summed E-state index contributed by atoms with van der Waals surface area (Å²) in [5.41, 5.74) is 0. The summed E-state index contributed by atoms with van der Waals surface area (Å²) in [6, 6.07) is -0.832. The number of nitrogens with one attached hydrogen (secondary N) is 1. The van der Waals surface area contributed by atoms with Crippen LogP contribution in [0.2, 0.25) is 0 Å². The summed E-state index contributed by atoms with van der Waals surface area (Å²) in [7, 11) is 0. The molecule has 1 amide bonds. The summed E-state index contributed by atoms with van der Waals surface area (Å²) < 4.78 is 11.3. The average Bonchev–Trinajstić information content (AvgIpc) is 3.46. The predicted octanol–water partition coefficient (Wildman–Crippen LogP) is 17.7. The average molecular weight is 1120 g/mol. The molecule has 1 rings (SSSR count). The first-order valence-corrected chi connectivity index (χ1v) is 33.1. The minimum atomic E-state index is -1.58. The van der Waals surface area contributed by atoms with Crippen molar-refractivity contribution in [2.24, 2.45) is 0 Å². The van der Waals surface area contributed by atoms with Crippen molar-refractivity contribution in [1.82, 2.24) is 5.32 Å². The van der Waals surface area contributed by atoms with Crippen LogP contribution in [0.4, 0.5) is 0 Å². The van der Waals surface area contributed by atoms with Crippen molar-refractivity contribution in [3.8, 4) is 0 Å². The minimum Gasteiger partial charge on any atom is -0.394 e. The van der Waals surface area contributed by atoms with Gasteiger partial charge in [0.25, 0.3) is 0 Å². The van der Waals surface area contributed by atoms with E-state index in [0.717, 1.165) is 96.3 Å². The predicted molar refractivity (Wildman–Crippen MR) is 341 cm³/mol. The lowest BCUT2D eigenvalue weighted by Crippen LogP contribution is -2.60. The number of allylic oxidation sites excluding steroid dienone is 17. The Labute approximate surface area is 491 Å². The summed E-state index contributed by atoms with van der Waals surface area (Å²) >= 11 is 0. The van der Waals surface area contributed by atoms with Crippen LogP contribution in [0.15, 0.2) is 109 Å². The third kappa shape index (κ3) is 47.4. The van der Waals surface area contributed by atoms with Crippen LogP contribution in [0.25, 0.3) is 0 Å².